The minimum Gasteiger partial charge on any atom is -0.389 e. The van der Waals surface area contributed by atoms with Gasteiger partial charge in [0, 0.05) is 23.8 Å². The summed E-state index contributed by atoms with van der Waals surface area (Å²) in [6.45, 7) is 4.26. The summed E-state index contributed by atoms with van der Waals surface area (Å²) in [6, 6.07) is 17.1. The fourth-order valence-electron chi connectivity index (χ4n) is 3.64. The number of likely N-dealkylation sites (tertiary alicyclic amines) is 1. The maximum Gasteiger partial charge on any atom is 0.228 e. The van der Waals surface area contributed by atoms with Crippen molar-refractivity contribution >= 4 is 23.2 Å². The molecule has 2 aromatic carbocycles. The number of amides is 1. The highest BCUT2D eigenvalue weighted by atomic mass is 35.5. The molecule has 156 valence electrons. The molecule has 2 N–H and O–H groups in total. The van der Waals surface area contributed by atoms with Crippen LogP contribution < -0.4 is 5.32 Å². The molecule has 1 amide bonds. The summed E-state index contributed by atoms with van der Waals surface area (Å²) < 4.78 is 5.83. The van der Waals surface area contributed by atoms with Crippen molar-refractivity contribution in [3.63, 3.8) is 0 Å². The third-order valence-corrected chi connectivity index (χ3v) is 5.52. The number of anilines is 1. The Morgan fingerprint density at radius 2 is 1.97 bits per heavy atom. The van der Waals surface area contributed by atoms with Gasteiger partial charge in [0.05, 0.1) is 24.7 Å². The molecule has 1 heterocycles. The Kier molecular flexibility index (Phi) is 8.07. The van der Waals surface area contributed by atoms with Crippen molar-refractivity contribution in [1.82, 2.24) is 4.90 Å². The molecule has 3 atom stereocenters. The number of ether oxygens (including phenoxy) is 1. The van der Waals surface area contributed by atoms with Gasteiger partial charge in [0.25, 0.3) is 0 Å². The lowest BCUT2D eigenvalue weighted by Crippen LogP contribution is -2.44. The van der Waals surface area contributed by atoms with Crippen LogP contribution in [0.2, 0.25) is 5.02 Å². The normalized spacial score (nSPS) is 19.5. The predicted octanol–water partition coefficient (Wildman–Crippen LogP) is 4.13. The van der Waals surface area contributed by atoms with Crippen LogP contribution in [0.15, 0.2) is 54.6 Å². The minimum absolute atomic E-state index is 0.0444. The summed E-state index contributed by atoms with van der Waals surface area (Å²) in [7, 11) is 0. The number of para-hydroxylation sites is 1. The summed E-state index contributed by atoms with van der Waals surface area (Å²) in [4.78, 5) is 14.7. The maximum atomic E-state index is 12.6. The molecule has 0 aliphatic carbocycles. The predicted molar refractivity (Wildman–Crippen MR) is 116 cm³/mol. The molecule has 0 bridgehead atoms. The van der Waals surface area contributed by atoms with E-state index in [-0.39, 0.29) is 24.5 Å². The second-order valence-corrected chi connectivity index (χ2v) is 8.07. The fraction of sp³-hybridized carbons (Fsp3) is 0.435. The quantitative estimate of drug-likeness (QED) is 0.679. The van der Waals surface area contributed by atoms with Gasteiger partial charge in [-0.3, -0.25) is 9.69 Å². The van der Waals surface area contributed by atoms with Crippen molar-refractivity contribution in [3.05, 3.63) is 65.2 Å². The van der Waals surface area contributed by atoms with Gasteiger partial charge in [-0.15, -0.1) is 0 Å². The smallest absolute Gasteiger partial charge is 0.228 e. The van der Waals surface area contributed by atoms with Crippen molar-refractivity contribution in [2.75, 3.05) is 31.6 Å². The number of carbonyl (C=O) groups excluding carboxylic acids is 1. The number of aliphatic hydroxyl groups is 1. The Morgan fingerprint density at radius 3 is 2.69 bits per heavy atom. The van der Waals surface area contributed by atoms with Crippen LogP contribution in [-0.4, -0.2) is 48.3 Å². The summed E-state index contributed by atoms with van der Waals surface area (Å²) in [5.74, 6) is -0.0203. The van der Waals surface area contributed by atoms with Crippen molar-refractivity contribution in [2.24, 2.45) is 5.92 Å². The van der Waals surface area contributed by atoms with E-state index < -0.39 is 6.10 Å². The Labute approximate surface area is 177 Å². The first-order valence-electron chi connectivity index (χ1n) is 10.1. The van der Waals surface area contributed by atoms with Gasteiger partial charge in [0.2, 0.25) is 5.91 Å². The van der Waals surface area contributed by atoms with E-state index in [9.17, 15) is 9.90 Å². The van der Waals surface area contributed by atoms with Crippen LogP contribution in [0.3, 0.4) is 0 Å². The second-order valence-electron chi connectivity index (χ2n) is 7.63. The zero-order valence-corrected chi connectivity index (χ0v) is 17.5. The molecule has 1 saturated heterocycles. The van der Waals surface area contributed by atoms with E-state index >= 15 is 0 Å². The summed E-state index contributed by atoms with van der Waals surface area (Å²) in [5.41, 5.74) is 1.84. The minimum atomic E-state index is -0.597. The topological polar surface area (TPSA) is 61.8 Å². The lowest BCUT2D eigenvalue weighted by Gasteiger charge is -2.33. The van der Waals surface area contributed by atoms with Gasteiger partial charge in [-0.2, -0.15) is 0 Å². The van der Waals surface area contributed by atoms with Crippen LogP contribution in [0.5, 0.6) is 0 Å². The molecule has 1 aliphatic rings. The molecule has 29 heavy (non-hydrogen) atoms. The molecule has 5 nitrogen and oxygen atoms in total. The number of hydrogen-bond donors (Lipinski definition) is 2. The monoisotopic (exact) mass is 416 g/mol. The van der Waals surface area contributed by atoms with E-state index in [0.717, 1.165) is 30.6 Å². The van der Waals surface area contributed by atoms with Crippen LogP contribution in [0.25, 0.3) is 0 Å². The number of piperidine rings is 1. The number of aliphatic hydroxyl groups excluding tert-OH is 1. The maximum absolute atomic E-state index is 12.6. The summed E-state index contributed by atoms with van der Waals surface area (Å²) in [6.07, 6.45) is 1.10. The zero-order valence-electron chi connectivity index (χ0n) is 16.8. The number of halogens is 1. The van der Waals surface area contributed by atoms with E-state index in [2.05, 4.69) is 10.2 Å². The molecule has 0 radical (unpaired) electrons. The zero-order chi connectivity index (χ0) is 20.6. The van der Waals surface area contributed by atoms with Gasteiger partial charge >= 0.3 is 0 Å². The Hall–Kier alpha value is -1.92. The van der Waals surface area contributed by atoms with Crippen LogP contribution in [0, 0.1) is 5.92 Å². The Balaban J connectivity index is 1.43. The molecule has 2 aromatic rings. The summed E-state index contributed by atoms with van der Waals surface area (Å²) >= 11 is 5.92. The lowest BCUT2D eigenvalue weighted by molar-refractivity contribution is -0.121. The first-order valence-corrected chi connectivity index (χ1v) is 10.5. The van der Waals surface area contributed by atoms with Crippen LogP contribution in [0.1, 0.15) is 31.4 Å². The van der Waals surface area contributed by atoms with Gasteiger partial charge in [-0.05, 0) is 56.1 Å². The SMILES string of the molecule is C[C@H](OC[C@H](O)CN1CCC[C@@H](C(=O)Nc2ccccc2)C1)c1ccc(Cl)cc1. The standard InChI is InChI=1S/C23H29ClN2O3/c1-17(18-9-11-20(24)12-10-18)29-16-22(27)15-26-13-5-6-19(14-26)23(28)25-21-7-3-2-4-8-21/h2-4,7-12,17,19,22,27H,5-6,13-16H2,1H3,(H,25,28)/t17-,19+,22+/m0/s1. The van der Waals surface area contributed by atoms with Crippen molar-refractivity contribution in [3.8, 4) is 0 Å². The molecule has 6 heteroatoms. The number of nitrogens with zero attached hydrogens (tertiary/aromatic N) is 1. The highest BCUT2D eigenvalue weighted by molar-refractivity contribution is 6.30. The van der Waals surface area contributed by atoms with Gasteiger partial charge in [-0.25, -0.2) is 0 Å². The highest BCUT2D eigenvalue weighted by Crippen LogP contribution is 2.21. The van der Waals surface area contributed by atoms with Crippen LogP contribution >= 0.6 is 11.6 Å². The number of benzene rings is 2. The number of β-amino-alcohol motifs (C(OH)–C–C–N with tert-alkyl or cyclic N) is 1. The number of carbonyl (C=O) groups is 1. The second kappa shape index (κ2) is 10.7. The van der Waals surface area contributed by atoms with Crippen molar-refractivity contribution in [2.45, 2.75) is 32.0 Å². The third-order valence-electron chi connectivity index (χ3n) is 5.26. The van der Waals surface area contributed by atoms with E-state index in [1.165, 1.54) is 0 Å². The molecule has 1 aliphatic heterocycles. The molecule has 0 aromatic heterocycles. The van der Waals surface area contributed by atoms with Crippen LogP contribution in [0.4, 0.5) is 5.69 Å². The van der Waals surface area contributed by atoms with Gasteiger partial charge < -0.3 is 15.2 Å². The van der Waals surface area contributed by atoms with Crippen molar-refractivity contribution < 1.29 is 14.6 Å². The first kappa shape index (κ1) is 21.8. The average molecular weight is 417 g/mol. The molecule has 1 fully saturated rings. The average Bonchev–Trinajstić information content (AvgIpc) is 2.73. The number of hydrogen-bond acceptors (Lipinski definition) is 4. The van der Waals surface area contributed by atoms with E-state index in [4.69, 9.17) is 16.3 Å². The van der Waals surface area contributed by atoms with E-state index in [1.54, 1.807) is 0 Å². The fourth-order valence-corrected chi connectivity index (χ4v) is 3.76. The van der Waals surface area contributed by atoms with Crippen LogP contribution in [-0.2, 0) is 9.53 Å². The molecule has 0 saturated carbocycles. The Bertz CT molecular complexity index is 769. The Morgan fingerprint density at radius 1 is 1.24 bits per heavy atom. The van der Waals surface area contributed by atoms with E-state index in [0.29, 0.717) is 18.1 Å². The molecule has 0 spiro atoms. The summed E-state index contributed by atoms with van der Waals surface area (Å²) in [5, 5.41) is 14.1. The first-order chi connectivity index (χ1) is 14.0. The van der Waals surface area contributed by atoms with Crippen molar-refractivity contribution in [1.29, 1.82) is 0 Å². The molecular formula is C23H29ClN2O3. The molecule has 0 unspecified atom stereocenters. The van der Waals surface area contributed by atoms with E-state index in [1.807, 2.05) is 61.5 Å². The molecule has 3 rings (SSSR count). The largest absolute Gasteiger partial charge is 0.389 e. The van der Waals surface area contributed by atoms with Gasteiger partial charge in [-0.1, -0.05) is 41.9 Å². The third kappa shape index (κ3) is 6.82. The number of rotatable bonds is 8. The number of nitrogens with one attached hydrogen (secondary N) is 1. The highest BCUT2D eigenvalue weighted by Gasteiger charge is 2.27. The molecular weight excluding hydrogens is 388 g/mol. The van der Waals surface area contributed by atoms with Gasteiger partial charge in [0.15, 0.2) is 0 Å². The van der Waals surface area contributed by atoms with Gasteiger partial charge in [0.1, 0.15) is 0 Å². The lowest BCUT2D eigenvalue weighted by atomic mass is 9.96.